The highest BCUT2D eigenvalue weighted by molar-refractivity contribution is 7.09. The molecule has 0 saturated carbocycles. The number of aromatic nitrogens is 7. The Bertz CT molecular complexity index is 6180. The van der Waals surface area contributed by atoms with Crippen LogP contribution >= 0.6 is 11.3 Å². The highest BCUT2D eigenvalue weighted by Gasteiger charge is 2.32. The summed E-state index contributed by atoms with van der Waals surface area (Å²) in [6.07, 6.45) is 12.0. The molecule has 0 saturated heterocycles. The van der Waals surface area contributed by atoms with E-state index in [9.17, 15) is 51.2 Å². The first-order valence-electron chi connectivity index (χ1n) is 36.9. The molecule has 0 unspecified atom stereocenters. The number of amides is 5. The van der Waals surface area contributed by atoms with Gasteiger partial charge in [0.25, 0.3) is 29.5 Å². The Morgan fingerprint density at radius 1 is 0.366 bits per heavy atom. The molecule has 7 heterocycles. The number of hydrogen-bond acceptors (Lipinski definition) is 19. The Balaban J connectivity index is 0.000000161. The highest BCUT2D eigenvalue weighted by Crippen LogP contribution is 2.37. The van der Waals surface area contributed by atoms with Crippen LogP contribution in [-0.2, 0) is 6.18 Å². The topological polar surface area (TPSA) is 306 Å². The van der Waals surface area contributed by atoms with Crippen molar-refractivity contribution in [2.75, 3.05) is 26.6 Å². The number of alkyl halides is 3. The van der Waals surface area contributed by atoms with Gasteiger partial charge >= 0.3 is 6.18 Å². The van der Waals surface area contributed by atoms with Crippen molar-refractivity contribution in [3.05, 3.63) is 394 Å². The minimum absolute atomic E-state index is 0. The Morgan fingerprint density at radius 3 is 1.15 bits per heavy atom. The first-order chi connectivity index (χ1) is 58.9. The van der Waals surface area contributed by atoms with Crippen LogP contribution in [0.1, 0.15) is 97.9 Å². The molecule has 5 N–H and O–H groups in total. The average Bonchev–Trinajstić information content (AvgIpc) is 1.44. The Morgan fingerprint density at radius 2 is 0.748 bits per heavy atom. The molecule has 0 fully saturated rings. The fraction of sp³-hybridized carbons (Fsp3) is 0.0745. The van der Waals surface area contributed by atoms with E-state index in [1.165, 1.54) is 54.3 Å². The van der Waals surface area contributed by atoms with E-state index in [2.05, 4.69) is 67.5 Å². The minimum atomic E-state index is -4.59. The molecule has 0 radical (unpaired) electrons. The molecule has 618 valence electrons. The molecule has 29 heteroatoms. The number of carbonyl (C=O) groups is 5. The van der Waals surface area contributed by atoms with Crippen molar-refractivity contribution >= 4 is 69.3 Å². The summed E-state index contributed by atoms with van der Waals surface area (Å²) in [5.41, 5.74) is 6.82. The molecule has 0 bridgehead atoms. The van der Waals surface area contributed by atoms with Gasteiger partial charge in [-0.3, -0.25) is 48.9 Å². The smallest absolute Gasteiger partial charge is 0.416 e. The SMILES string of the molecule is C.Cc1cccc(C(=O)Nc2cc(C#N)cc(Oc3cccnc3)c2)c1.Cc1cccc(C(=O)Nc2cc(Oc3cccnc3)cc(C(F)(F)F)c2)c1.Cc1cccc(C(=O)Nc2cccc(Oc3cncc(F)c3)c2)c1.Cc1cnc(C(=O)Nc2cccc(Oc3cccnc3)c2)c(F)c1.Cc1nc(C(=O)Nc2cccc(Oc3cccnc3)c2)cs1. The molecule has 0 atom stereocenters. The van der Waals surface area contributed by atoms with E-state index in [-0.39, 0.29) is 53.8 Å². The van der Waals surface area contributed by atoms with Crippen LogP contribution in [0.5, 0.6) is 57.5 Å². The summed E-state index contributed by atoms with van der Waals surface area (Å²) < 4.78 is 94.6. The second-order valence-electron chi connectivity index (χ2n) is 26.3. The Hall–Kier alpha value is -16.2. The van der Waals surface area contributed by atoms with Gasteiger partial charge in [0.05, 0.1) is 59.4 Å². The number of thiazole rings is 1. The number of hydrogen-bond donors (Lipinski definition) is 5. The normalized spacial score (nSPS) is 10.3. The molecule has 8 aromatic carbocycles. The Labute approximate surface area is 708 Å². The van der Waals surface area contributed by atoms with Crippen LogP contribution in [0, 0.1) is 57.6 Å². The molecule has 7 aromatic heterocycles. The lowest BCUT2D eigenvalue weighted by molar-refractivity contribution is -0.137. The third kappa shape index (κ3) is 28.5. The lowest BCUT2D eigenvalue weighted by atomic mass is 10.1. The van der Waals surface area contributed by atoms with Gasteiger partial charge in [-0.1, -0.05) is 78.7 Å². The molecule has 5 amide bonds. The van der Waals surface area contributed by atoms with Gasteiger partial charge < -0.3 is 50.3 Å². The highest BCUT2D eigenvalue weighted by atomic mass is 32.1. The van der Waals surface area contributed by atoms with Crippen molar-refractivity contribution in [3.63, 3.8) is 0 Å². The molecule has 23 nitrogen and oxygen atoms in total. The zero-order valence-corrected chi connectivity index (χ0v) is 66.3. The summed E-state index contributed by atoms with van der Waals surface area (Å²) >= 11 is 1.44. The third-order valence-electron chi connectivity index (χ3n) is 16.3. The zero-order valence-electron chi connectivity index (χ0n) is 65.5. The fourth-order valence-electron chi connectivity index (χ4n) is 10.9. The summed E-state index contributed by atoms with van der Waals surface area (Å²) in [6.45, 7) is 9.24. The quantitative estimate of drug-likeness (QED) is 0.0443. The van der Waals surface area contributed by atoms with Crippen LogP contribution in [0.2, 0.25) is 0 Å². The zero-order chi connectivity index (χ0) is 86.3. The molecule has 15 rings (SSSR count). The molecular formula is C94H76F5N13O10S. The number of aryl methyl sites for hydroxylation is 5. The van der Waals surface area contributed by atoms with Crippen molar-refractivity contribution in [1.29, 1.82) is 5.26 Å². The van der Waals surface area contributed by atoms with E-state index in [1.807, 2.05) is 82.3 Å². The lowest BCUT2D eigenvalue weighted by Gasteiger charge is -2.14. The van der Waals surface area contributed by atoms with Gasteiger partial charge in [-0.05, 0) is 192 Å². The molecule has 0 spiro atoms. The van der Waals surface area contributed by atoms with Crippen molar-refractivity contribution in [1.82, 2.24) is 34.9 Å². The van der Waals surface area contributed by atoms with Crippen molar-refractivity contribution in [2.24, 2.45) is 0 Å². The minimum Gasteiger partial charge on any atom is -0.456 e. The summed E-state index contributed by atoms with van der Waals surface area (Å²) in [4.78, 5) is 88.8. The van der Waals surface area contributed by atoms with Crippen LogP contribution in [0.4, 0.5) is 50.4 Å². The van der Waals surface area contributed by atoms with Crippen LogP contribution in [0.25, 0.3) is 0 Å². The number of halogens is 5. The van der Waals surface area contributed by atoms with Gasteiger partial charge in [-0.2, -0.15) is 18.4 Å². The number of pyridine rings is 6. The summed E-state index contributed by atoms with van der Waals surface area (Å²) in [5, 5.41) is 25.3. The third-order valence-corrected chi connectivity index (χ3v) is 17.1. The molecule has 0 aliphatic rings. The number of nitrogens with one attached hydrogen (secondary N) is 5. The van der Waals surface area contributed by atoms with Crippen LogP contribution in [-0.4, -0.2) is 64.4 Å². The second-order valence-corrected chi connectivity index (χ2v) is 27.3. The van der Waals surface area contributed by atoms with Gasteiger partial charge in [0.15, 0.2) is 11.5 Å². The van der Waals surface area contributed by atoms with E-state index in [0.29, 0.717) is 96.5 Å². The van der Waals surface area contributed by atoms with Crippen LogP contribution in [0.15, 0.2) is 316 Å². The van der Waals surface area contributed by atoms with E-state index in [4.69, 9.17) is 23.7 Å². The van der Waals surface area contributed by atoms with Gasteiger partial charge in [0, 0.05) is 118 Å². The van der Waals surface area contributed by atoms with Crippen LogP contribution in [0.3, 0.4) is 0 Å². The van der Waals surface area contributed by atoms with Crippen molar-refractivity contribution in [3.8, 4) is 63.6 Å². The summed E-state index contributed by atoms with van der Waals surface area (Å²) in [7, 11) is 0. The predicted octanol–water partition coefficient (Wildman–Crippen LogP) is 22.8. The molecular weight excluding hydrogens is 1600 g/mol. The van der Waals surface area contributed by atoms with E-state index < -0.39 is 35.2 Å². The van der Waals surface area contributed by atoms with Gasteiger partial charge in [0.2, 0.25) is 0 Å². The van der Waals surface area contributed by atoms with E-state index >= 15 is 0 Å². The number of rotatable bonds is 20. The van der Waals surface area contributed by atoms with Gasteiger partial charge in [-0.15, -0.1) is 11.3 Å². The molecule has 0 aliphatic carbocycles. The van der Waals surface area contributed by atoms with E-state index in [1.54, 1.807) is 207 Å². The largest absolute Gasteiger partial charge is 0.456 e. The first-order valence-corrected chi connectivity index (χ1v) is 37.7. The number of nitriles is 1. The van der Waals surface area contributed by atoms with Crippen molar-refractivity contribution < 1.29 is 69.6 Å². The second kappa shape index (κ2) is 43.8. The number of ether oxygens (including phenoxy) is 5. The van der Waals surface area contributed by atoms with E-state index in [0.717, 1.165) is 40.0 Å². The number of carbonyl (C=O) groups excluding carboxylic acids is 5. The molecule has 15 aromatic rings. The van der Waals surface area contributed by atoms with Crippen molar-refractivity contribution in [2.45, 2.75) is 48.2 Å². The number of anilines is 5. The molecule has 123 heavy (non-hydrogen) atoms. The lowest BCUT2D eigenvalue weighted by Crippen LogP contribution is -2.15. The maximum Gasteiger partial charge on any atom is 0.416 e. The number of benzene rings is 8. The maximum absolute atomic E-state index is 13.8. The van der Waals surface area contributed by atoms with Gasteiger partial charge in [0.1, 0.15) is 69.0 Å². The molecule has 0 aliphatic heterocycles. The predicted molar refractivity (Wildman–Crippen MR) is 459 cm³/mol. The standard InChI is InChI=1S/C20H15F3N2O2.C20H15N3O2.C19H15FN2O2.C18H14FN3O2.C16H13N3O2S.CH4/c1-13-4-2-5-14(8-13)19(26)25-16-9-15(20(21,22)23)10-18(11-16)27-17-6-3-7-24-12-17;1-14-4-2-5-16(8-14)20(24)23-17-9-15(12-21)10-19(11-17)25-18-6-3-7-22-13-18;1-13-4-2-5-14(8-13)19(23)22-16-6-3-7-17(10-16)24-18-9-15(20)11-21-12-18;1-12-8-16(19)17(21-10-12)18(23)22-13-4-2-5-14(9-13)24-15-6-3-7-20-11-15;1-11-18-15(10-22-11)16(20)19-12-4-2-5-13(8-12)21-14-6-3-7-17-9-14;/h2-12H,1H3,(H,25,26);2-11,13H,1H3,(H,23,24);2-12H,1H3,(H,22,23);2-11H,1H3,(H,22,23);2-10H,1H3,(H,19,20);1H4. The maximum atomic E-state index is 13.8. The fourth-order valence-corrected chi connectivity index (χ4v) is 11.5. The summed E-state index contributed by atoms with van der Waals surface area (Å²) in [5.74, 6) is 1.42. The van der Waals surface area contributed by atoms with Gasteiger partial charge in [-0.25, -0.2) is 18.7 Å². The Kier molecular flexibility index (Phi) is 31.8. The average molecular weight is 1670 g/mol. The first kappa shape index (κ1) is 89.1. The number of nitrogens with zero attached hydrogens (tertiary/aromatic N) is 8. The monoisotopic (exact) mass is 1670 g/mol. The summed E-state index contributed by atoms with van der Waals surface area (Å²) in [6, 6.07) is 68.6. The van der Waals surface area contributed by atoms with Crippen LogP contribution < -0.4 is 50.3 Å².